The fourth-order valence-electron chi connectivity index (χ4n) is 3.34. The maximum absolute atomic E-state index is 12.3. The van der Waals surface area contributed by atoms with Crippen molar-refractivity contribution in [2.24, 2.45) is 0 Å². The average molecular weight is 461 g/mol. The normalized spacial score (nSPS) is 10.8. The van der Waals surface area contributed by atoms with Gasteiger partial charge in [-0.25, -0.2) is 9.78 Å². The number of para-hydroxylation sites is 2. The number of fused-ring (bicyclic) bond motifs is 1. The lowest BCUT2D eigenvalue weighted by Crippen LogP contribution is -2.20. The number of aromatic nitrogens is 2. The van der Waals surface area contributed by atoms with E-state index in [-0.39, 0.29) is 5.75 Å². The number of hydrogen-bond donors (Lipinski definition) is 0. The minimum Gasteiger partial charge on any atom is -0.453 e. The summed E-state index contributed by atoms with van der Waals surface area (Å²) in [6.07, 6.45) is 0.905. The van der Waals surface area contributed by atoms with Gasteiger partial charge in [0.15, 0.2) is 11.8 Å². The van der Waals surface area contributed by atoms with Gasteiger partial charge in [0.05, 0.1) is 23.3 Å². The molecular weight excluding hydrogens is 436 g/mol. The Morgan fingerprint density at radius 2 is 1.61 bits per heavy atom. The smallest absolute Gasteiger partial charge is 0.349 e. The molecule has 6 nitrogen and oxygen atoms in total. The zero-order chi connectivity index (χ0) is 23.0. The highest BCUT2D eigenvalue weighted by Crippen LogP contribution is 2.25. The van der Waals surface area contributed by atoms with Crippen molar-refractivity contribution in [1.82, 2.24) is 9.55 Å². The quantitative estimate of drug-likeness (QED) is 0.201. The van der Waals surface area contributed by atoms with Gasteiger partial charge in [0, 0.05) is 0 Å². The van der Waals surface area contributed by atoms with Crippen LogP contribution >= 0.6 is 11.8 Å². The summed E-state index contributed by atoms with van der Waals surface area (Å²) in [5.41, 5.74) is 4.15. The molecule has 0 saturated carbocycles. The van der Waals surface area contributed by atoms with Gasteiger partial charge in [-0.1, -0.05) is 73.3 Å². The molecule has 0 spiro atoms. The van der Waals surface area contributed by atoms with Gasteiger partial charge >= 0.3 is 11.9 Å². The topological polar surface area (TPSA) is 70.4 Å². The first kappa shape index (κ1) is 22.6. The molecule has 168 valence electrons. The average Bonchev–Trinajstić information content (AvgIpc) is 3.20. The zero-order valence-electron chi connectivity index (χ0n) is 18.3. The van der Waals surface area contributed by atoms with Crippen LogP contribution in [0.1, 0.15) is 18.1 Å². The number of carbonyl (C=O) groups is 2. The van der Waals surface area contributed by atoms with Crippen molar-refractivity contribution in [3.05, 3.63) is 90.0 Å². The highest BCUT2D eigenvalue weighted by atomic mass is 32.2. The molecule has 4 rings (SSSR count). The number of benzene rings is 3. The molecule has 0 saturated heterocycles. The van der Waals surface area contributed by atoms with Crippen LogP contribution in [0.5, 0.6) is 5.75 Å². The molecule has 0 unspecified atom stereocenters. The molecule has 0 fully saturated rings. The van der Waals surface area contributed by atoms with E-state index in [0.29, 0.717) is 12.3 Å². The van der Waals surface area contributed by atoms with Crippen molar-refractivity contribution >= 4 is 34.7 Å². The van der Waals surface area contributed by atoms with Gasteiger partial charge in [-0.3, -0.25) is 4.79 Å². The molecule has 7 heteroatoms. The Morgan fingerprint density at radius 3 is 2.36 bits per heavy atom. The van der Waals surface area contributed by atoms with Crippen LogP contribution in [-0.4, -0.2) is 33.8 Å². The van der Waals surface area contributed by atoms with E-state index in [0.717, 1.165) is 33.7 Å². The number of thioether (sulfide) groups is 1. The van der Waals surface area contributed by atoms with Crippen LogP contribution in [-0.2, 0) is 27.3 Å². The second kappa shape index (κ2) is 10.8. The van der Waals surface area contributed by atoms with Crippen LogP contribution in [0, 0.1) is 0 Å². The van der Waals surface area contributed by atoms with Gasteiger partial charge in [-0.05, 0) is 41.8 Å². The standard InChI is InChI=1S/C26H24N2O4S/c1-2-19-12-14-21(15-13-19)32-24(29)17-31-25(30)18-33-26-27-22-10-6-7-11-23(22)28(26)16-20-8-4-3-5-9-20/h3-15H,2,16-18H2,1H3. The Kier molecular flexibility index (Phi) is 7.42. The van der Waals surface area contributed by atoms with E-state index in [1.807, 2.05) is 54.6 Å². The van der Waals surface area contributed by atoms with E-state index in [1.165, 1.54) is 11.8 Å². The van der Waals surface area contributed by atoms with Gasteiger partial charge < -0.3 is 14.0 Å². The third kappa shape index (κ3) is 6.02. The molecule has 0 N–H and O–H groups in total. The van der Waals surface area contributed by atoms with Gasteiger partial charge in [0.1, 0.15) is 5.75 Å². The molecule has 1 heterocycles. The molecule has 4 aromatic rings. The van der Waals surface area contributed by atoms with E-state index >= 15 is 0 Å². The summed E-state index contributed by atoms with van der Waals surface area (Å²) in [6.45, 7) is 2.26. The molecule has 3 aromatic carbocycles. The molecule has 0 atom stereocenters. The monoisotopic (exact) mass is 460 g/mol. The highest BCUT2D eigenvalue weighted by molar-refractivity contribution is 7.99. The SMILES string of the molecule is CCc1ccc(OC(=O)COC(=O)CSc2nc3ccccc3n2Cc2ccccc2)cc1. The molecule has 1 aromatic heterocycles. The third-order valence-corrected chi connectivity index (χ3v) is 5.99. The van der Waals surface area contributed by atoms with Gasteiger partial charge in [-0.2, -0.15) is 0 Å². The van der Waals surface area contributed by atoms with E-state index in [4.69, 9.17) is 9.47 Å². The van der Waals surface area contributed by atoms with Crippen LogP contribution in [0.25, 0.3) is 11.0 Å². The molecule has 0 aliphatic rings. The van der Waals surface area contributed by atoms with Crippen molar-refractivity contribution in [2.45, 2.75) is 25.0 Å². The first-order valence-electron chi connectivity index (χ1n) is 10.7. The Balaban J connectivity index is 1.34. The molecule has 0 aliphatic heterocycles. The molecule has 0 amide bonds. The Hall–Kier alpha value is -3.58. The third-order valence-electron chi connectivity index (χ3n) is 5.04. The lowest BCUT2D eigenvalue weighted by molar-refractivity contribution is -0.151. The first-order valence-corrected chi connectivity index (χ1v) is 11.7. The Morgan fingerprint density at radius 1 is 0.879 bits per heavy atom. The summed E-state index contributed by atoms with van der Waals surface area (Å²) >= 11 is 1.29. The van der Waals surface area contributed by atoms with Gasteiger partial charge in [-0.15, -0.1) is 0 Å². The van der Waals surface area contributed by atoms with E-state index in [2.05, 4.69) is 28.6 Å². The summed E-state index contributed by atoms with van der Waals surface area (Å²) in [4.78, 5) is 28.9. The lowest BCUT2D eigenvalue weighted by atomic mass is 10.2. The number of rotatable bonds is 9. The highest BCUT2D eigenvalue weighted by Gasteiger charge is 2.15. The van der Waals surface area contributed by atoms with Gasteiger partial charge in [0.2, 0.25) is 0 Å². The Bertz CT molecular complexity index is 1240. The molecule has 0 radical (unpaired) electrons. The van der Waals surface area contributed by atoms with E-state index < -0.39 is 18.5 Å². The van der Waals surface area contributed by atoms with Crippen molar-refractivity contribution in [3.8, 4) is 5.75 Å². The minimum absolute atomic E-state index is 0.0383. The first-order chi connectivity index (χ1) is 16.1. The fraction of sp³-hybridized carbons (Fsp3) is 0.192. The number of esters is 2. The summed E-state index contributed by atoms with van der Waals surface area (Å²) in [7, 11) is 0. The maximum atomic E-state index is 12.3. The molecular formula is C26H24N2O4S. The Labute approximate surface area is 196 Å². The van der Waals surface area contributed by atoms with E-state index in [1.54, 1.807) is 12.1 Å². The summed E-state index contributed by atoms with van der Waals surface area (Å²) in [5, 5.41) is 0.718. The predicted octanol–water partition coefficient (Wildman–Crippen LogP) is 4.89. The number of carbonyl (C=O) groups excluding carboxylic acids is 2. The van der Waals surface area contributed by atoms with Crippen molar-refractivity contribution in [3.63, 3.8) is 0 Å². The van der Waals surface area contributed by atoms with Crippen LogP contribution < -0.4 is 4.74 Å². The number of nitrogens with zero attached hydrogens (tertiary/aromatic N) is 2. The zero-order valence-corrected chi connectivity index (χ0v) is 19.1. The summed E-state index contributed by atoms with van der Waals surface area (Å²) < 4.78 is 12.4. The van der Waals surface area contributed by atoms with Gasteiger partial charge in [0.25, 0.3) is 0 Å². The molecule has 0 bridgehead atoms. The lowest BCUT2D eigenvalue weighted by Gasteiger charge is -2.09. The number of ether oxygens (including phenoxy) is 2. The summed E-state index contributed by atoms with van der Waals surface area (Å²) in [6, 6.07) is 25.2. The molecule has 0 aliphatic carbocycles. The second-order valence-corrected chi connectivity index (χ2v) is 8.32. The number of aryl methyl sites for hydroxylation is 1. The second-order valence-electron chi connectivity index (χ2n) is 7.38. The maximum Gasteiger partial charge on any atom is 0.349 e. The minimum atomic E-state index is -0.617. The molecule has 33 heavy (non-hydrogen) atoms. The predicted molar refractivity (Wildman–Crippen MR) is 128 cm³/mol. The largest absolute Gasteiger partial charge is 0.453 e. The van der Waals surface area contributed by atoms with Crippen LogP contribution in [0.2, 0.25) is 0 Å². The van der Waals surface area contributed by atoms with Crippen molar-refractivity contribution in [2.75, 3.05) is 12.4 Å². The van der Waals surface area contributed by atoms with Crippen LogP contribution in [0.3, 0.4) is 0 Å². The van der Waals surface area contributed by atoms with Crippen LogP contribution in [0.15, 0.2) is 84.0 Å². The van der Waals surface area contributed by atoms with E-state index in [9.17, 15) is 9.59 Å². The number of hydrogen-bond acceptors (Lipinski definition) is 6. The summed E-state index contributed by atoms with van der Waals surface area (Å²) in [5.74, 6) is -0.654. The fourth-order valence-corrected chi connectivity index (χ4v) is 4.15. The van der Waals surface area contributed by atoms with Crippen molar-refractivity contribution in [1.29, 1.82) is 0 Å². The number of imidazole rings is 1. The van der Waals surface area contributed by atoms with Crippen molar-refractivity contribution < 1.29 is 19.1 Å². The van der Waals surface area contributed by atoms with Crippen LogP contribution in [0.4, 0.5) is 0 Å².